The molecule has 0 amide bonds. The lowest BCUT2D eigenvalue weighted by atomic mass is 10.0. The van der Waals surface area contributed by atoms with Gasteiger partial charge in [0.15, 0.2) is 0 Å². The summed E-state index contributed by atoms with van der Waals surface area (Å²) < 4.78 is 5.47. The van der Waals surface area contributed by atoms with Gasteiger partial charge in [0.25, 0.3) is 0 Å². The second-order valence-corrected chi connectivity index (χ2v) is 6.75. The number of nitrogen functional groups attached to an aromatic ring is 1. The molecule has 0 aromatic carbocycles. The number of hydrogen-bond acceptors (Lipinski definition) is 6. The van der Waals surface area contributed by atoms with Crippen LogP contribution in [0.1, 0.15) is 43.7 Å². The summed E-state index contributed by atoms with van der Waals surface area (Å²) in [5.41, 5.74) is 6.94. The summed E-state index contributed by atoms with van der Waals surface area (Å²) in [5, 5.41) is 0. The van der Waals surface area contributed by atoms with Gasteiger partial charge in [-0.15, -0.1) is 0 Å². The van der Waals surface area contributed by atoms with Gasteiger partial charge in [-0.25, -0.2) is 4.98 Å². The lowest BCUT2D eigenvalue weighted by Crippen LogP contribution is -2.34. The molecule has 2 fully saturated rings. The van der Waals surface area contributed by atoms with E-state index >= 15 is 0 Å². The van der Waals surface area contributed by atoms with Crippen LogP contribution in [0.4, 0.5) is 11.8 Å². The van der Waals surface area contributed by atoms with Crippen LogP contribution in [0.2, 0.25) is 0 Å². The lowest BCUT2D eigenvalue weighted by molar-refractivity contribution is 0.193. The van der Waals surface area contributed by atoms with Crippen molar-refractivity contribution in [1.29, 1.82) is 0 Å². The van der Waals surface area contributed by atoms with E-state index in [-0.39, 0.29) is 0 Å². The molecule has 0 aliphatic carbocycles. The zero-order chi connectivity index (χ0) is 16.1. The van der Waals surface area contributed by atoms with Gasteiger partial charge in [-0.1, -0.05) is 12.8 Å². The highest BCUT2D eigenvalue weighted by molar-refractivity contribution is 5.43. The van der Waals surface area contributed by atoms with Crippen molar-refractivity contribution in [2.24, 2.45) is 0 Å². The Labute approximate surface area is 139 Å². The molecule has 1 atom stereocenters. The van der Waals surface area contributed by atoms with Crippen LogP contribution < -0.4 is 10.6 Å². The number of hydrogen-bond donors (Lipinski definition) is 1. The Morgan fingerprint density at radius 3 is 2.74 bits per heavy atom. The van der Waals surface area contributed by atoms with Gasteiger partial charge >= 0.3 is 0 Å². The average Bonchev–Trinajstić information content (AvgIpc) is 2.96. The van der Waals surface area contributed by atoms with Crippen LogP contribution in [0.3, 0.4) is 0 Å². The first-order valence-corrected chi connectivity index (χ1v) is 8.88. The van der Waals surface area contributed by atoms with Gasteiger partial charge in [0, 0.05) is 38.7 Å². The summed E-state index contributed by atoms with van der Waals surface area (Å²) in [7, 11) is 2.09. The molecule has 0 bridgehead atoms. The molecule has 6 nitrogen and oxygen atoms in total. The molecule has 2 aliphatic heterocycles. The number of rotatable bonds is 5. The second kappa shape index (κ2) is 7.93. The van der Waals surface area contributed by atoms with Crippen molar-refractivity contribution in [3.8, 4) is 0 Å². The van der Waals surface area contributed by atoms with E-state index in [1.54, 1.807) is 0 Å². The highest BCUT2D eigenvalue weighted by Crippen LogP contribution is 2.26. The van der Waals surface area contributed by atoms with Crippen LogP contribution in [-0.2, 0) is 4.74 Å². The van der Waals surface area contributed by atoms with Crippen molar-refractivity contribution < 1.29 is 4.74 Å². The SMILES string of the molecule is CN(CCN1CCCCCC1)c1cc([C@@H]2CCOC2)nc(N)n1. The average molecular weight is 319 g/mol. The zero-order valence-electron chi connectivity index (χ0n) is 14.2. The van der Waals surface area contributed by atoms with Gasteiger partial charge in [0.05, 0.1) is 12.3 Å². The molecule has 0 saturated carbocycles. The molecule has 128 valence electrons. The van der Waals surface area contributed by atoms with Crippen LogP contribution >= 0.6 is 0 Å². The molecule has 0 unspecified atom stereocenters. The Morgan fingerprint density at radius 2 is 2.04 bits per heavy atom. The second-order valence-electron chi connectivity index (χ2n) is 6.75. The highest BCUT2D eigenvalue weighted by Gasteiger charge is 2.21. The first kappa shape index (κ1) is 16.5. The van der Waals surface area contributed by atoms with E-state index in [1.165, 1.54) is 38.8 Å². The monoisotopic (exact) mass is 319 g/mol. The van der Waals surface area contributed by atoms with E-state index in [4.69, 9.17) is 10.5 Å². The molecule has 6 heteroatoms. The van der Waals surface area contributed by atoms with E-state index in [2.05, 4.69) is 32.9 Å². The zero-order valence-corrected chi connectivity index (χ0v) is 14.2. The number of nitrogens with zero attached hydrogens (tertiary/aromatic N) is 4. The number of ether oxygens (including phenoxy) is 1. The molecule has 1 aromatic rings. The first-order valence-electron chi connectivity index (χ1n) is 8.88. The number of nitrogens with two attached hydrogens (primary N) is 1. The van der Waals surface area contributed by atoms with Crippen molar-refractivity contribution in [1.82, 2.24) is 14.9 Å². The molecular weight excluding hydrogens is 290 g/mol. The standard InChI is InChI=1S/C17H29N5O/c1-21(9-10-22-7-4-2-3-5-8-22)16-12-15(19-17(18)20-16)14-6-11-23-13-14/h12,14H,2-11,13H2,1H3,(H2,18,19,20)/t14-/m1/s1. The maximum absolute atomic E-state index is 5.92. The summed E-state index contributed by atoms with van der Waals surface area (Å²) in [4.78, 5) is 13.6. The first-order chi connectivity index (χ1) is 11.2. The predicted molar refractivity (Wildman–Crippen MR) is 92.8 cm³/mol. The van der Waals surface area contributed by atoms with Crippen molar-refractivity contribution in [3.63, 3.8) is 0 Å². The Bertz CT molecular complexity index is 496. The summed E-state index contributed by atoms with van der Waals surface area (Å²) >= 11 is 0. The molecular formula is C17H29N5O. The smallest absolute Gasteiger partial charge is 0.222 e. The summed E-state index contributed by atoms with van der Waals surface area (Å²) in [6, 6.07) is 2.08. The molecule has 2 N–H and O–H groups in total. The molecule has 0 radical (unpaired) electrons. The van der Waals surface area contributed by atoms with Gasteiger partial charge in [0.2, 0.25) is 5.95 Å². The van der Waals surface area contributed by atoms with E-state index in [0.29, 0.717) is 11.9 Å². The van der Waals surface area contributed by atoms with Gasteiger partial charge in [-0.3, -0.25) is 0 Å². The third-order valence-electron chi connectivity index (χ3n) is 4.94. The molecule has 1 aromatic heterocycles. The van der Waals surface area contributed by atoms with Gasteiger partial charge in [-0.05, 0) is 32.4 Å². The number of likely N-dealkylation sites (N-methyl/N-ethyl adjacent to an activating group) is 1. The quantitative estimate of drug-likeness (QED) is 0.894. The fourth-order valence-electron chi connectivity index (χ4n) is 3.41. The van der Waals surface area contributed by atoms with Gasteiger partial charge in [0.1, 0.15) is 5.82 Å². The topological polar surface area (TPSA) is 67.5 Å². The van der Waals surface area contributed by atoms with E-state index in [1.807, 2.05) is 0 Å². The Kier molecular flexibility index (Phi) is 5.67. The van der Waals surface area contributed by atoms with E-state index in [0.717, 1.165) is 44.2 Å². The van der Waals surface area contributed by atoms with Crippen molar-refractivity contribution in [2.75, 3.05) is 57.1 Å². The molecule has 3 rings (SSSR count). The molecule has 2 aliphatic rings. The molecule has 23 heavy (non-hydrogen) atoms. The van der Waals surface area contributed by atoms with Crippen LogP contribution in [0.15, 0.2) is 6.07 Å². The largest absolute Gasteiger partial charge is 0.381 e. The van der Waals surface area contributed by atoms with Crippen molar-refractivity contribution in [2.45, 2.75) is 38.0 Å². The lowest BCUT2D eigenvalue weighted by Gasteiger charge is -2.25. The number of anilines is 2. The number of likely N-dealkylation sites (tertiary alicyclic amines) is 1. The highest BCUT2D eigenvalue weighted by atomic mass is 16.5. The minimum Gasteiger partial charge on any atom is -0.381 e. The van der Waals surface area contributed by atoms with Crippen LogP contribution in [0.5, 0.6) is 0 Å². The van der Waals surface area contributed by atoms with E-state index < -0.39 is 0 Å². The van der Waals surface area contributed by atoms with Crippen molar-refractivity contribution >= 4 is 11.8 Å². The summed E-state index contributed by atoms with van der Waals surface area (Å²) in [5.74, 6) is 1.65. The fourth-order valence-corrected chi connectivity index (χ4v) is 3.41. The third kappa shape index (κ3) is 4.54. The van der Waals surface area contributed by atoms with E-state index in [9.17, 15) is 0 Å². The fraction of sp³-hybridized carbons (Fsp3) is 0.765. The van der Waals surface area contributed by atoms with Crippen LogP contribution in [-0.4, -0.2) is 61.3 Å². The van der Waals surface area contributed by atoms with Crippen molar-refractivity contribution in [3.05, 3.63) is 11.8 Å². The minimum atomic E-state index is 0.359. The molecule has 3 heterocycles. The number of aromatic nitrogens is 2. The Hall–Kier alpha value is -1.40. The Morgan fingerprint density at radius 1 is 1.26 bits per heavy atom. The van der Waals surface area contributed by atoms with Crippen LogP contribution in [0.25, 0.3) is 0 Å². The normalized spacial score (nSPS) is 22.9. The maximum Gasteiger partial charge on any atom is 0.222 e. The molecule has 0 spiro atoms. The molecule has 2 saturated heterocycles. The summed E-state index contributed by atoms with van der Waals surface area (Å²) in [6.07, 6.45) is 6.43. The van der Waals surface area contributed by atoms with Gasteiger partial charge in [-0.2, -0.15) is 4.98 Å². The van der Waals surface area contributed by atoms with Gasteiger partial charge < -0.3 is 20.3 Å². The minimum absolute atomic E-state index is 0.359. The predicted octanol–water partition coefficient (Wildman–Crippen LogP) is 1.87. The summed E-state index contributed by atoms with van der Waals surface area (Å²) in [6.45, 7) is 6.07. The maximum atomic E-state index is 5.92. The van der Waals surface area contributed by atoms with Crippen LogP contribution in [0, 0.1) is 0 Å². The third-order valence-corrected chi connectivity index (χ3v) is 4.94. The Balaban J connectivity index is 1.60.